The number of amides is 1. The summed E-state index contributed by atoms with van der Waals surface area (Å²) in [4.78, 5) is 53.6. The normalized spacial score (nSPS) is 22.8. The molecule has 1 aromatic carbocycles. The van der Waals surface area contributed by atoms with E-state index in [-0.39, 0.29) is 31.0 Å². The minimum absolute atomic E-state index is 0.0658. The van der Waals surface area contributed by atoms with E-state index in [1.165, 1.54) is 11.3 Å². The van der Waals surface area contributed by atoms with Crippen molar-refractivity contribution in [2.75, 3.05) is 18.5 Å². The summed E-state index contributed by atoms with van der Waals surface area (Å²) in [6.45, 7) is 3.59. The number of nitrogens with one attached hydrogen (secondary N) is 1. The number of aromatic nitrogens is 1. The molecule has 2 aliphatic carbocycles. The second-order valence-corrected chi connectivity index (χ2v) is 10.4. The summed E-state index contributed by atoms with van der Waals surface area (Å²) >= 11 is 2.23. The molecule has 1 fully saturated rings. The first-order valence-corrected chi connectivity index (χ1v) is 12.6. The molecule has 1 saturated carbocycles. The van der Waals surface area contributed by atoms with Crippen LogP contribution in [0.2, 0.25) is 0 Å². The van der Waals surface area contributed by atoms with Gasteiger partial charge in [0.2, 0.25) is 11.2 Å². The molecule has 2 N–H and O–H groups in total. The number of anilines is 1. The number of thiazole rings is 1. The zero-order valence-corrected chi connectivity index (χ0v) is 20.2. The highest BCUT2D eigenvalue weighted by Gasteiger charge is 2.51. The predicted octanol–water partition coefficient (Wildman–Crippen LogP) is 3.34. The number of carboxylic acid groups (broad SMARTS) is 1. The lowest BCUT2D eigenvalue weighted by Gasteiger charge is -2.23. The third-order valence-corrected chi connectivity index (χ3v) is 8.17. The van der Waals surface area contributed by atoms with Crippen LogP contribution in [0.4, 0.5) is 5.69 Å². The maximum Gasteiger partial charge on any atom is 0.331 e. The summed E-state index contributed by atoms with van der Waals surface area (Å²) in [5.41, 5.74) is 1.17. The Bertz CT molecular complexity index is 1140. The van der Waals surface area contributed by atoms with E-state index in [2.05, 4.69) is 10.3 Å². The molecule has 0 radical (unpaired) electrons. The molecule has 2 bridgehead atoms. The summed E-state index contributed by atoms with van der Waals surface area (Å²) < 4.78 is 11.2. The number of hydrogen-bond acceptors (Lipinski definition) is 9. The number of carbonyl (C=O) groups is 4. The zero-order chi connectivity index (χ0) is 24.4. The summed E-state index contributed by atoms with van der Waals surface area (Å²) in [5, 5.41) is 11.3. The van der Waals surface area contributed by atoms with Crippen LogP contribution in [0.3, 0.4) is 0 Å². The van der Waals surface area contributed by atoms with Gasteiger partial charge >= 0.3 is 17.9 Å². The first-order valence-electron chi connectivity index (χ1n) is 10.9. The summed E-state index contributed by atoms with van der Waals surface area (Å²) in [6, 6.07) is 5.17. The highest BCUT2D eigenvalue weighted by atomic mass is 32.2. The first-order chi connectivity index (χ1) is 16.3. The maximum absolute atomic E-state index is 13.0. The van der Waals surface area contributed by atoms with Gasteiger partial charge in [0.05, 0.1) is 35.3 Å². The van der Waals surface area contributed by atoms with Crippen LogP contribution in [-0.2, 0) is 28.7 Å². The molecule has 11 heteroatoms. The predicted molar refractivity (Wildman–Crippen MR) is 127 cm³/mol. The SMILES string of the molecule is CCOC(=O)C(Sc1nc2ccc(NC(=O)[C@@H]3[C@H](C(=O)O)[C@H]4C=C[C@H]3C4)cc2s1)C(=O)OCC. The molecule has 2 aliphatic rings. The number of nitrogens with zero attached hydrogens (tertiary/aromatic N) is 1. The number of aliphatic carboxylic acids is 1. The topological polar surface area (TPSA) is 132 Å². The van der Waals surface area contributed by atoms with Crippen LogP contribution in [0.15, 0.2) is 34.7 Å². The lowest BCUT2D eigenvalue weighted by atomic mass is 9.82. The van der Waals surface area contributed by atoms with E-state index in [1.807, 2.05) is 12.2 Å². The Morgan fingerprint density at radius 2 is 1.76 bits per heavy atom. The smallest absolute Gasteiger partial charge is 0.331 e. The molecule has 1 aromatic heterocycles. The van der Waals surface area contributed by atoms with Gasteiger partial charge in [0, 0.05) is 5.69 Å². The Balaban J connectivity index is 1.50. The third kappa shape index (κ3) is 4.80. The van der Waals surface area contributed by atoms with Crippen LogP contribution in [-0.4, -0.2) is 52.4 Å². The number of rotatable bonds is 9. The van der Waals surface area contributed by atoms with Crippen molar-refractivity contribution in [3.05, 3.63) is 30.4 Å². The van der Waals surface area contributed by atoms with Gasteiger partial charge in [-0.1, -0.05) is 23.9 Å². The van der Waals surface area contributed by atoms with Gasteiger partial charge in [-0.2, -0.15) is 0 Å². The Labute approximate surface area is 203 Å². The van der Waals surface area contributed by atoms with E-state index < -0.39 is 35.0 Å². The second-order valence-electron chi connectivity index (χ2n) is 7.99. The second kappa shape index (κ2) is 10.1. The Morgan fingerprint density at radius 1 is 1.12 bits per heavy atom. The number of hydrogen-bond donors (Lipinski definition) is 2. The molecule has 0 aliphatic heterocycles. The van der Waals surface area contributed by atoms with Crippen LogP contribution in [0.1, 0.15) is 20.3 Å². The van der Waals surface area contributed by atoms with Gasteiger partial charge in [0.25, 0.3) is 0 Å². The van der Waals surface area contributed by atoms with E-state index >= 15 is 0 Å². The van der Waals surface area contributed by atoms with Gasteiger partial charge in [0.15, 0.2) is 4.34 Å². The quantitative estimate of drug-likeness (QED) is 0.228. The largest absolute Gasteiger partial charge is 0.481 e. The fourth-order valence-corrected chi connectivity index (χ4v) is 6.67. The zero-order valence-electron chi connectivity index (χ0n) is 18.6. The van der Waals surface area contributed by atoms with Crippen molar-refractivity contribution in [3.8, 4) is 0 Å². The van der Waals surface area contributed by atoms with Crippen molar-refractivity contribution in [2.24, 2.45) is 23.7 Å². The van der Waals surface area contributed by atoms with Crippen molar-refractivity contribution in [1.29, 1.82) is 0 Å². The molecule has 4 rings (SSSR count). The highest BCUT2D eigenvalue weighted by Crippen LogP contribution is 2.48. The number of fused-ring (bicyclic) bond motifs is 3. The monoisotopic (exact) mass is 504 g/mol. The number of esters is 2. The molecule has 2 aromatic rings. The van der Waals surface area contributed by atoms with E-state index in [1.54, 1.807) is 32.0 Å². The van der Waals surface area contributed by atoms with Crippen molar-refractivity contribution in [2.45, 2.75) is 29.9 Å². The van der Waals surface area contributed by atoms with Gasteiger partial charge in [0.1, 0.15) is 0 Å². The van der Waals surface area contributed by atoms with E-state index in [0.29, 0.717) is 22.0 Å². The van der Waals surface area contributed by atoms with Crippen LogP contribution >= 0.6 is 23.1 Å². The average Bonchev–Trinajstić information content (AvgIpc) is 3.51. The number of carbonyl (C=O) groups excluding carboxylic acids is 3. The first kappa shape index (κ1) is 24.2. The summed E-state index contributed by atoms with van der Waals surface area (Å²) in [5.74, 6) is -4.13. The van der Waals surface area contributed by atoms with Crippen molar-refractivity contribution in [1.82, 2.24) is 4.98 Å². The molecule has 1 heterocycles. The van der Waals surface area contributed by atoms with E-state index in [0.717, 1.165) is 16.5 Å². The summed E-state index contributed by atoms with van der Waals surface area (Å²) in [6.07, 6.45) is 4.52. The van der Waals surface area contributed by atoms with Crippen molar-refractivity contribution in [3.63, 3.8) is 0 Å². The fourth-order valence-electron chi connectivity index (χ4n) is 4.50. The molecule has 0 spiro atoms. The Hall–Kier alpha value is -2.92. The minimum atomic E-state index is -1.18. The van der Waals surface area contributed by atoms with Gasteiger partial charge in [-0.25, -0.2) is 4.98 Å². The van der Waals surface area contributed by atoms with E-state index in [4.69, 9.17) is 9.47 Å². The molecule has 4 atom stereocenters. The number of benzene rings is 1. The van der Waals surface area contributed by atoms with Crippen LogP contribution in [0.5, 0.6) is 0 Å². The third-order valence-electron chi connectivity index (χ3n) is 5.90. The molecule has 9 nitrogen and oxygen atoms in total. The Morgan fingerprint density at radius 3 is 2.38 bits per heavy atom. The lowest BCUT2D eigenvalue weighted by molar-refractivity contribution is -0.153. The highest BCUT2D eigenvalue weighted by molar-refractivity contribution is 8.03. The average molecular weight is 505 g/mol. The molecular formula is C23H24N2O7S2. The van der Waals surface area contributed by atoms with Gasteiger partial charge in [-0.15, -0.1) is 11.3 Å². The van der Waals surface area contributed by atoms with Gasteiger partial charge in [-0.05, 0) is 50.3 Å². The fraction of sp³-hybridized carbons (Fsp3) is 0.435. The maximum atomic E-state index is 13.0. The standard InChI is InChI=1S/C23H24N2O7S2/c1-3-31-21(29)18(22(30)32-4-2)34-23-25-14-8-7-13(10-15(14)33-23)24-19(26)16-11-5-6-12(9-11)17(16)20(27)28/h5-8,10-12,16-18H,3-4,9H2,1-2H3,(H,24,26)(H,27,28)/t11-,12-,16-,17+/m0/s1. The molecular weight excluding hydrogens is 480 g/mol. The number of allylic oxidation sites excluding steroid dienone is 2. The van der Waals surface area contributed by atoms with E-state index in [9.17, 15) is 24.3 Å². The number of carboxylic acids is 1. The van der Waals surface area contributed by atoms with Crippen molar-refractivity contribution >= 4 is 62.8 Å². The summed E-state index contributed by atoms with van der Waals surface area (Å²) in [7, 11) is 0. The van der Waals surface area contributed by atoms with Gasteiger partial charge in [-0.3, -0.25) is 19.2 Å². The Kier molecular flexibility index (Phi) is 7.22. The molecule has 0 unspecified atom stereocenters. The van der Waals surface area contributed by atoms with Crippen LogP contribution in [0, 0.1) is 23.7 Å². The van der Waals surface area contributed by atoms with Crippen LogP contribution < -0.4 is 5.32 Å². The van der Waals surface area contributed by atoms with Crippen molar-refractivity contribution < 1.29 is 33.8 Å². The number of ether oxygens (including phenoxy) is 2. The lowest BCUT2D eigenvalue weighted by Crippen LogP contribution is -2.36. The number of thioether (sulfide) groups is 1. The molecule has 34 heavy (non-hydrogen) atoms. The van der Waals surface area contributed by atoms with Crippen LogP contribution in [0.25, 0.3) is 10.2 Å². The molecule has 180 valence electrons. The molecule has 1 amide bonds. The minimum Gasteiger partial charge on any atom is -0.481 e. The van der Waals surface area contributed by atoms with Gasteiger partial charge < -0.3 is 19.9 Å². The molecule has 0 saturated heterocycles.